The van der Waals surface area contributed by atoms with Gasteiger partial charge < -0.3 is 5.32 Å². The van der Waals surface area contributed by atoms with Crippen molar-refractivity contribution in [3.63, 3.8) is 0 Å². The summed E-state index contributed by atoms with van der Waals surface area (Å²) in [5.41, 5.74) is 4.73. The van der Waals surface area contributed by atoms with Gasteiger partial charge in [-0.2, -0.15) is 0 Å². The predicted octanol–water partition coefficient (Wildman–Crippen LogP) is 4.30. The summed E-state index contributed by atoms with van der Waals surface area (Å²) in [6.45, 7) is 7.31. The third-order valence-electron chi connectivity index (χ3n) is 2.96. The SMILES string of the molecule is CCNc1c(CC)c(C)nc2ccc(Br)cc12. The van der Waals surface area contributed by atoms with Crippen LogP contribution in [0.3, 0.4) is 0 Å². The summed E-state index contributed by atoms with van der Waals surface area (Å²) in [6, 6.07) is 6.24. The van der Waals surface area contributed by atoms with Crippen LogP contribution in [0.15, 0.2) is 22.7 Å². The van der Waals surface area contributed by atoms with Crippen molar-refractivity contribution in [2.45, 2.75) is 27.2 Å². The molecule has 0 radical (unpaired) electrons. The van der Waals surface area contributed by atoms with Gasteiger partial charge in [-0.15, -0.1) is 0 Å². The Morgan fingerprint density at radius 1 is 1.29 bits per heavy atom. The summed E-state index contributed by atoms with van der Waals surface area (Å²) >= 11 is 3.53. The van der Waals surface area contributed by atoms with Crippen LogP contribution in [-0.2, 0) is 6.42 Å². The Labute approximate surface area is 111 Å². The average molecular weight is 293 g/mol. The molecule has 1 aromatic heterocycles. The monoisotopic (exact) mass is 292 g/mol. The molecule has 0 aliphatic carbocycles. The maximum Gasteiger partial charge on any atom is 0.0726 e. The normalized spacial score (nSPS) is 10.8. The smallest absolute Gasteiger partial charge is 0.0726 e. The average Bonchev–Trinajstić information content (AvgIpc) is 2.30. The second kappa shape index (κ2) is 5.05. The largest absolute Gasteiger partial charge is 0.384 e. The molecule has 1 heterocycles. The van der Waals surface area contributed by atoms with E-state index in [1.54, 1.807) is 0 Å². The zero-order valence-electron chi connectivity index (χ0n) is 10.5. The number of halogens is 1. The zero-order chi connectivity index (χ0) is 12.4. The lowest BCUT2D eigenvalue weighted by molar-refractivity contribution is 1.06. The molecule has 0 aliphatic rings. The highest BCUT2D eigenvalue weighted by molar-refractivity contribution is 9.10. The number of pyridine rings is 1. The van der Waals surface area contributed by atoms with Gasteiger partial charge in [0.2, 0.25) is 0 Å². The van der Waals surface area contributed by atoms with Crippen LogP contribution in [0.2, 0.25) is 0 Å². The number of fused-ring (bicyclic) bond motifs is 1. The van der Waals surface area contributed by atoms with Crippen molar-refractivity contribution in [2.24, 2.45) is 0 Å². The van der Waals surface area contributed by atoms with Gasteiger partial charge in [0, 0.05) is 27.8 Å². The molecule has 2 nitrogen and oxygen atoms in total. The molecule has 0 fully saturated rings. The van der Waals surface area contributed by atoms with Crippen molar-refractivity contribution in [1.29, 1.82) is 0 Å². The molecule has 90 valence electrons. The minimum Gasteiger partial charge on any atom is -0.384 e. The molecule has 0 atom stereocenters. The second-order valence-electron chi connectivity index (χ2n) is 4.10. The number of rotatable bonds is 3. The molecule has 3 heteroatoms. The van der Waals surface area contributed by atoms with Gasteiger partial charge in [-0.25, -0.2) is 0 Å². The van der Waals surface area contributed by atoms with E-state index < -0.39 is 0 Å². The topological polar surface area (TPSA) is 24.9 Å². The number of nitrogens with one attached hydrogen (secondary N) is 1. The molecule has 0 saturated carbocycles. The van der Waals surface area contributed by atoms with Crippen molar-refractivity contribution in [1.82, 2.24) is 4.98 Å². The van der Waals surface area contributed by atoms with E-state index in [4.69, 9.17) is 0 Å². The Kier molecular flexibility index (Phi) is 3.67. The van der Waals surface area contributed by atoms with Gasteiger partial charge in [-0.3, -0.25) is 4.98 Å². The fourth-order valence-corrected chi connectivity index (χ4v) is 2.57. The fourth-order valence-electron chi connectivity index (χ4n) is 2.21. The van der Waals surface area contributed by atoms with E-state index in [9.17, 15) is 0 Å². The fraction of sp³-hybridized carbons (Fsp3) is 0.357. The van der Waals surface area contributed by atoms with Gasteiger partial charge in [0.05, 0.1) is 5.52 Å². The van der Waals surface area contributed by atoms with Crippen LogP contribution in [0, 0.1) is 6.92 Å². The van der Waals surface area contributed by atoms with Crippen LogP contribution in [-0.4, -0.2) is 11.5 Å². The lowest BCUT2D eigenvalue weighted by Gasteiger charge is -2.15. The summed E-state index contributed by atoms with van der Waals surface area (Å²) < 4.78 is 1.09. The Hall–Kier alpha value is -1.09. The molecule has 2 aromatic rings. The second-order valence-corrected chi connectivity index (χ2v) is 5.01. The van der Waals surface area contributed by atoms with Gasteiger partial charge in [0.25, 0.3) is 0 Å². The first-order valence-electron chi connectivity index (χ1n) is 6.00. The van der Waals surface area contributed by atoms with Gasteiger partial charge in [0.15, 0.2) is 0 Å². The predicted molar refractivity (Wildman–Crippen MR) is 77.7 cm³/mol. The number of anilines is 1. The lowest BCUT2D eigenvalue weighted by atomic mass is 10.0. The van der Waals surface area contributed by atoms with Crippen molar-refractivity contribution < 1.29 is 0 Å². The van der Waals surface area contributed by atoms with E-state index in [0.717, 1.165) is 28.6 Å². The van der Waals surface area contributed by atoms with Gasteiger partial charge in [-0.1, -0.05) is 22.9 Å². The summed E-state index contributed by atoms with van der Waals surface area (Å²) in [6.07, 6.45) is 1.00. The molecule has 0 aliphatic heterocycles. The van der Waals surface area contributed by atoms with Crippen LogP contribution in [0.1, 0.15) is 25.1 Å². The minimum absolute atomic E-state index is 0.929. The highest BCUT2D eigenvalue weighted by Crippen LogP contribution is 2.30. The molecule has 2 rings (SSSR count). The van der Waals surface area contributed by atoms with Gasteiger partial charge in [-0.05, 0) is 44.0 Å². The first kappa shape index (κ1) is 12.4. The van der Waals surface area contributed by atoms with E-state index in [1.807, 2.05) is 6.07 Å². The summed E-state index contributed by atoms with van der Waals surface area (Å²) in [7, 11) is 0. The van der Waals surface area contributed by atoms with Crippen molar-refractivity contribution in [2.75, 3.05) is 11.9 Å². The Morgan fingerprint density at radius 3 is 2.71 bits per heavy atom. The first-order chi connectivity index (χ1) is 8.17. The molecular weight excluding hydrogens is 276 g/mol. The molecule has 17 heavy (non-hydrogen) atoms. The summed E-state index contributed by atoms with van der Waals surface area (Å²) in [5, 5.41) is 4.68. The third kappa shape index (κ3) is 2.29. The molecule has 0 unspecified atom stereocenters. The van der Waals surface area contributed by atoms with Crippen molar-refractivity contribution in [3.8, 4) is 0 Å². The lowest BCUT2D eigenvalue weighted by Crippen LogP contribution is -2.04. The summed E-state index contributed by atoms with van der Waals surface area (Å²) in [5.74, 6) is 0. The Bertz CT molecular complexity index is 549. The number of aryl methyl sites for hydroxylation is 1. The maximum absolute atomic E-state index is 4.67. The van der Waals surface area contributed by atoms with Crippen molar-refractivity contribution >= 4 is 32.5 Å². The Balaban J connectivity index is 2.79. The number of aromatic nitrogens is 1. The number of benzene rings is 1. The highest BCUT2D eigenvalue weighted by atomic mass is 79.9. The van der Waals surface area contributed by atoms with E-state index >= 15 is 0 Å². The number of nitrogens with zero attached hydrogens (tertiary/aromatic N) is 1. The molecule has 0 spiro atoms. The first-order valence-corrected chi connectivity index (χ1v) is 6.79. The number of hydrogen-bond acceptors (Lipinski definition) is 2. The number of hydrogen-bond donors (Lipinski definition) is 1. The molecule has 0 amide bonds. The van der Waals surface area contributed by atoms with Crippen LogP contribution >= 0.6 is 15.9 Å². The van der Waals surface area contributed by atoms with Crippen LogP contribution < -0.4 is 5.32 Å². The van der Waals surface area contributed by atoms with E-state index in [1.165, 1.54) is 16.6 Å². The minimum atomic E-state index is 0.929. The maximum atomic E-state index is 4.67. The van der Waals surface area contributed by atoms with Gasteiger partial charge >= 0.3 is 0 Å². The Morgan fingerprint density at radius 2 is 2.06 bits per heavy atom. The summed E-state index contributed by atoms with van der Waals surface area (Å²) in [4.78, 5) is 4.67. The van der Waals surface area contributed by atoms with E-state index in [-0.39, 0.29) is 0 Å². The highest BCUT2D eigenvalue weighted by Gasteiger charge is 2.10. The van der Waals surface area contributed by atoms with Crippen LogP contribution in [0.4, 0.5) is 5.69 Å². The van der Waals surface area contributed by atoms with E-state index in [2.05, 4.69) is 59.1 Å². The quantitative estimate of drug-likeness (QED) is 0.912. The molecule has 0 bridgehead atoms. The van der Waals surface area contributed by atoms with Gasteiger partial charge in [0.1, 0.15) is 0 Å². The van der Waals surface area contributed by atoms with Crippen LogP contribution in [0.5, 0.6) is 0 Å². The molecule has 1 N–H and O–H groups in total. The standard InChI is InChI=1S/C14H17BrN2/c1-4-11-9(3)17-13-7-6-10(15)8-12(13)14(11)16-5-2/h6-8H,4-5H2,1-3H3,(H,16,17). The van der Waals surface area contributed by atoms with E-state index in [0.29, 0.717) is 0 Å². The zero-order valence-corrected chi connectivity index (χ0v) is 12.1. The van der Waals surface area contributed by atoms with Crippen molar-refractivity contribution in [3.05, 3.63) is 33.9 Å². The third-order valence-corrected chi connectivity index (χ3v) is 3.45. The molecular formula is C14H17BrN2. The molecule has 0 saturated heterocycles. The van der Waals surface area contributed by atoms with Crippen LogP contribution in [0.25, 0.3) is 10.9 Å². The molecule has 1 aromatic carbocycles.